The number of piperazine rings is 1. The van der Waals surface area contributed by atoms with E-state index < -0.39 is 34.0 Å². The molecule has 1 heterocycles. The van der Waals surface area contributed by atoms with E-state index in [1.54, 1.807) is 12.2 Å². The number of rotatable bonds is 5. The first-order valence-electron chi connectivity index (χ1n) is 9.16. The van der Waals surface area contributed by atoms with E-state index >= 15 is 0 Å². The first-order valence-corrected chi connectivity index (χ1v) is 11.0. The van der Waals surface area contributed by atoms with Crippen LogP contribution in [0.15, 0.2) is 47.4 Å². The molecule has 1 aromatic rings. The van der Waals surface area contributed by atoms with Crippen molar-refractivity contribution in [3.05, 3.63) is 53.0 Å². The van der Waals surface area contributed by atoms with Crippen LogP contribution in [-0.2, 0) is 15.6 Å². The average molecular weight is 463 g/mol. The number of benzene rings is 1. The summed E-state index contributed by atoms with van der Waals surface area (Å²) >= 11 is 5.17. The van der Waals surface area contributed by atoms with Crippen molar-refractivity contribution >= 4 is 32.8 Å². The predicted molar refractivity (Wildman–Crippen MR) is 111 cm³/mol. The van der Waals surface area contributed by atoms with Gasteiger partial charge in [-0.2, -0.15) is 17.5 Å². The number of aliphatic hydroxyl groups excluding tert-OH is 1. The zero-order chi connectivity index (χ0) is 22.2. The molecule has 30 heavy (non-hydrogen) atoms. The van der Waals surface area contributed by atoms with Gasteiger partial charge in [-0.3, -0.25) is 0 Å². The third-order valence-corrected chi connectivity index (χ3v) is 7.73. The number of alkyl halides is 3. The molecule has 1 aliphatic carbocycles. The molecule has 0 radical (unpaired) electrons. The van der Waals surface area contributed by atoms with E-state index in [0.717, 1.165) is 12.1 Å². The van der Waals surface area contributed by atoms with Crippen LogP contribution in [-0.4, -0.2) is 66.8 Å². The second-order valence-corrected chi connectivity index (χ2v) is 9.44. The highest BCUT2D eigenvalue weighted by Crippen LogP contribution is 2.39. The first kappa shape index (κ1) is 22.9. The molecule has 0 unspecified atom stereocenters. The van der Waals surface area contributed by atoms with Gasteiger partial charge in [0.05, 0.1) is 11.5 Å². The molecule has 0 aromatic heterocycles. The second-order valence-electron chi connectivity index (χ2n) is 7.04. The number of hydrogen-bond acceptors (Lipinski definition) is 6. The summed E-state index contributed by atoms with van der Waals surface area (Å²) in [5.74, 6) is 0. The molecule has 1 aromatic carbocycles. The lowest BCUT2D eigenvalue weighted by atomic mass is 9.94. The number of anilines is 1. The molecule has 3 rings (SSSR count). The molecular formula is C19H21F3N2O4S2. The summed E-state index contributed by atoms with van der Waals surface area (Å²) in [5.41, 5.74) is -3.21. The number of nitrogens with zero attached hydrogens (tertiary/aromatic N) is 2. The maximum absolute atomic E-state index is 13.1. The monoisotopic (exact) mass is 462 g/mol. The van der Waals surface area contributed by atoms with Crippen molar-refractivity contribution in [1.29, 1.82) is 0 Å². The van der Waals surface area contributed by atoms with Crippen LogP contribution < -0.4 is 4.90 Å². The Balaban J connectivity index is 1.71. The third-order valence-electron chi connectivity index (χ3n) is 5.23. The zero-order valence-electron chi connectivity index (χ0n) is 15.8. The minimum atomic E-state index is -5.02. The van der Waals surface area contributed by atoms with Crippen molar-refractivity contribution in [3.8, 4) is 0 Å². The Kier molecular flexibility index (Phi) is 6.40. The molecule has 2 N–H and O–H groups in total. The van der Waals surface area contributed by atoms with Crippen LogP contribution in [0.3, 0.4) is 0 Å². The molecule has 0 bridgehead atoms. The summed E-state index contributed by atoms with van der Waals surface area (Å²) in [6.07, 6.45) is 0.335. The molecule has 1 aliphatic heterocycles. The van der Waals surface area contributed by atoms with E-state index in [1.807, 2.05) is 4.90 Å². The van der Waals surface area contributed by atoms with Crippen LogP contribution in [0.2, 0.25) is 0 Å². The van der Waals surface area contributed by atoms with Crippen molar-refractivity contribution in [2.45, 2.75) is 18.2 Å². The SMILES string of the molecule is O=S(=O)(C1=CC=CCC1=S)N1CCN(c2ccc([C@](O)(CO)C(F)(F)F)cc2)CC1. The van der Waals surface area contributed by atoms with Crippen LogP contribution in [0.25, 0.3) is 0 Å². The Morgan fingerprint density at radius 3 is 2.17 bits per heavy atom. The number of halogens is 3. The Hall–Kier alpha value is -1.79. The van der Waals surface area contributed by atoms with E-state index in [4.69, 9.17) is 17.3 Å². The topological polar surface area (TPSA) is 81.1 Å². The summed E-state index contributed by atoms with van der Waals surface area (Å²) in [6.45, 7) is -0.386. The fourth-order valence-electron chi connectivity index (χ4n) is 3.37. The van der Waals surface area contributed by atoms with E-state index in [-0.39, 0.29) is 18.0 Å². The summed E-state index contributed by atoms with van der Waals surface area (Å²) < 4.78 is 66.3. The van der Waals surface area contributed by atoms with Crippen LogP contribution in [0.1, 0.15) is 12.0 Å². The number of sulfonamides is 1. The van der Waals surface area contributed by atoms with Crippen LogP contribution in [0, 0.1) is 0 Å². The predicted octanol–water partition coefficient (Wildman–Crippen LogP) is 2.09. The summed E-state index contributed by atoms with van der Waals surface area (Å²) in [4.78, 5) is 2.35. The van der Waals surface area contributed by atoms with Gasteiger partial charge < -0.3 is 15.1 Å². The van der Waals surface area contributed by atoms with Crippen molar-refractivity contribution in [3.63, 3.8) is 0 Å². The number of hydrogen-bond donors (Lipinski definition) is 2. The average Bonchev–Trinajstić information content (AvgIpc) is 2.72. The van der Waals surface area contributed by atoms with Crippen molar-refractivity contribution in [2.75, 3.05) is 37.7 Å². The molecule has 0 amide bonds. The molecule has 2 aliphatic rings. The zero-order valence-corrected chi connectivity index (χ0v) is 17.5. The number of allylic oxidation sites excluding steroid dienone is 4. The van der Waals surface area contributed by atoms with Gasteiger partial charge in [-0.1, -0.05) is 36.5 Å². The quantitative estimate of drug-likeness (QED) is 0.653. The molecule has 1 saturated heterocycles. The summed E-state index contributed by atoms with van der Waals surface area (Å²) in [7, 11) is -3.70. The molecule has 164 valence electrons. The maximum Gasteiger partial charge on any atom is 0.423 e. The Bertz CT molecular complexity index is 966. The fraction of sp³-hybridized carbons (Fsp3) is 0.421. The summed E-state index contributed by atoms with van der Waals surface area (Å²) in [6, 6.07) is 5.05. The lowest BCUT2D eigenvalue weighted by Gasteiger charge is -2.36. The minimum Gasteiger partial charge on any atom is -0.393 e. The molecule has 1 atom stereocenters. The third kappa shape index (κ3) is 4.17. The normalized spacial score (nSPS) is 20.8. The highest BCUT2D eigenvalue weighted by atomic mass is 32.2. The first-order chi connectivity index (χ1) is 14.0. The van der Waals surface area contributed by atoms with Gasteiger partial charge in [0.1, 0.15) is 0 Å². The van der Waals surface area contributed by atoms with Gasteiger partial charge >= 0.3 is 6.18 Å². The standard InChI is InChI=1S/C19H21F3N2O4S2/c20-19(21,22)18(26,13-25)14-5-7-15(8-6-14)23-9-11-24(12-10-23)30(27,28)17-4-2-1-3-16(17)29/h1-2,4-8,25-26H,3,9-13H2/t18-/m1/s1. The molecule has 0 saturated carbocycles. The van der Waals surface area contributed by atoms with Crippen LogP contribution >= 0.6 is 12.2 Å². The van der Waals surface area contributed by atoms with Gasteiger partial charge in [0, 0.05) is 43.2 Å². The Morgan fingerprint density at radius 1 is 1.07 bits per heavy atom. The molecular weight excluding hydrogens is 441 g/mol. The number of aliphatic hydroxyl groups is 2. The molecule has 1 fully saturated rings. The highest BCUT2D eigenvalue weighted by Gasteiger charge is 2.54. The van der Waals surface area contributed by atoms with Gasteiger partial charge in [-0.15, -0.1) is 0 Å². The fourth-order valence-corrected chi connectivity index (χ4v) is 5.40. The van der Waals surface area contributed by atoms with Gasteiger partial charge in [-0.05, 0) is 23.8 Å². The van der Waals surface area contributed by atoms with E-state index in [2.05, 4.69) is 0 Å². The van der Waals surface area contributed by atoms with Gasteiger partial charge in [0.2, 0.25) is 15.6 Å². The maximum atomic E-state index is 13.1. The van der Waals surface area contributed by atoms with Crippen molar-refractivity contribution < 1.29 is 31.8 Å². The smallest absolute Gasteiger partial charge is 0.393 e. The highest BCUT2D eigenvalue weighted by molar-refractivity contribution is 7.96. The van der Waals surface area contributed by atoms with Gasteiger partial charge in [0.15, 0.2) is 0 Å². The van der Waals surface area contributed by atoms with Gasteiger partial charge in [0.25, 0.3) is 0 Å². The Morgan fingerprint density at radius 2 is 1.67 bits per heavy atom. The van der Waals surface area contributed by atoms with Crippen LogP contribution in [0.5, 0.6) is 0 Å². The van der Waals surface area contributed by atoms with Crippen molar-refractivity contribution in [1.82, 2.24) is 4.31 Å². The molecule has 11 heteroatoms. The molecule has 0 spiro atoms. The summed E-state index contributed by atoms with van der Waals surface area (Å²) in [5, 5.41) is 18.9. The van der Waals surface area contributed by atoms with Crippen molar-refractivity contribution in [2.24, 2.45) is 0 Å². The lowest BCUT2D eigenvalue weighted by molar-refractivity contribution is -0.277. The largest absolute Gasteiger partial charge is 0.423 e. The minimum absolute atomic E-state index is 0.133. The van der Waals surface area contributed by atoms with Gasteiger partial charge in [-0.25, -0.2) is 8.42 Å². The second kappa shape index (κ2) is 8.39. The Labute approximate surface area is 178 Å². The van der Waals surface area contributed by atoms with E-state index in [9.17, 15) is 26.7 Å². The number of thiocarbonyl (C=S) groups is 1. The lowest BCUT2D eigenvalue weighted by Crippen LogP contribution is -2.49. The van der Waals surface area contributed by atoms with E-state index in [1.165, 1.54) is 22.5 Å². The molecule has 6 nitrogen and oxygen atoms in total. The van der Waals surface area contributed by atoms with Crippen LogP contribution in [0.4, 0.5) is 18.9 Å². The van der Waals surface area contributed by atoms with E-state index in [0.29, 0.717) is 30.1 Å².